The van der Waals surface area contributed by atoms with E-state index in [2.05, 4.69) is 180 Å². The highest BCUT2D eigenvalue weighted by molar-refractivity contribution is 7.25. The zero-order chi connectivity index (χ0) is 34.8. The maximum Gasteiger partial charge on any atom is 0.135 e. The average Bonchev–Trinajstić information content (AvgIpc) is 3.94. The van der Waals surface area contributed by atoms with Crippen LogP contribution in [0.25, 0.3) is 108 Å². The number of rotatable bonds is 3. The first-order valence-corrected chi connectivity index (χ1v) is 18.9. The highest BCUT2D eigenvalue weighted by atomic mass is 32.1. The molecule has 4 heteroatoms. The van der Waals surface area contributed by atoms with Gasteiger partial charge in [0.1, 0.15) is 11.2 Å². The van der Waals surface area contributed by atoms with E-state index in [-0.39, 0.29) is 0 Å². The van der Waals surface area contributed by atoms with Crippen LogP contribution in [-0.2, 0) is 0 Å². The number of nitrogens with zero attached hydrogens (tertiary/aromatic N) is 2. The first kappa shape index (κ1) is 29.0. The first-order valence-electron chi connectivity index (χ1n) is 18.1. The van der Waals surface area contributed by atoms with Gasteiger partial charge in [0, 0.05) is 63.9 Å². The van der Waals surface area contributed by atoms with Gasteiger partial charge in [-0.3, -0.25) is 0 Å². The van der Waals surface area contributed by atoms with Crippen molar-refractivity contribution in [3.63, 3.8) is 0 Å². The van der Waals surface area contributed by atoms with Gasteiger partial charge in [-0.1, -0.05) is 78.4 Å². The van der Waals surface area contributed by atoms with E-state index in [0.29, 0.717) is 0 Å². The monoisotopic (exact) mass is 694 g/mol. The third-order valence-corrected chi connectivity index (χ3v) is 12.3. The Hall–Kier alpha value is -6.62. The van der Waals surface area contributed by atoms with Crippen molar-refractivity contribution in [2.24, 2.45) is 0 Å². The summed E-state index contributed by atoms with van der Waals surface area (Å²) in [5, 5.41) is 9.91. The van der Waals surface area contributed by atoms with E-state index in [0.717, 1.165) is 27.6 Å². The summed E-state index contributed by atoms with van der Waals surface area (Å²) < 4.78 is 13.8. The van der Waals surface area contributed by atoms with Gasteiger partial charge in [0.15, 0.2) is 0 Å². The second kappa shape index (κ2) is 10.7. The molecule has 248 valence electrons. The van der Waals surface area contributed by atoms with Crippen molar-refractivity contribution in [3.8, 4) is 22.5 Å². The Balaban J connectivity index is 1.01. The van der Waals surface area contributed by atoms with Crippen LogP contribution in [0.4, 0.5) is 0 Å². The molecular weight excluding hydrogens is 665 g/mol. The molecule has 0 aliphatic rings. The summed E-state index contributed by atoms with van der Waals surface area (Å²) in [6.45, 7) is 2.17. The molecule has 12 rings (SSSR count). The molecule has 0 atom stereocenters. The molecule has 0 spiro atoms. The van der Waals surface area contributed by atoms with E-state index in [1.165, 1.54) is 86.2 Å². The van der Waals surface area contributed by atoms with Gasteiger partial charge in [0.2, 0.25) is 0 Å². The van der Waals surface area contributed by atoms with E-state index in [1.807, 2.05) is 11.3 Å². The number of aryl methyl sites for hydroxylation is 1. The molecule has 12 aromatic rings. The molecule has 0 saturated heterocycles. The largest absolute Gasteiger partial charge is 0.456 e. The fraction of sp³-hybridized carbons (Fsp3) is 0.0204. The maximum atomic E-state index is 6.41. The summed E-state index contributed by atoms with van der Waals surface area (Å²) in [6, 6.07) is 60.0. The van der Waals surface area contributed by atoms with E-state index in [1.54, 1.807) is 0 Å². The number of furan rings is 1. The lowest BCUT2D eigenvalue weighted by atomic mass is 10.0. The average molecular weight is 695 g/mol. The van der Waals surface area contributed by atoms with Crippen molar-refractivity contribution in [3.05, 3.63) is 169 Å². The lowest BCUT2D eigenvalue weighted by Crippen LogP contribution is -1.93. The lowest BCUT2D eigenvalue weighted by Gasteiger charge is -2.09. The summed E-state index contributed by atoms with van der Waals surface area (Å²) in [5.74, 6) is 0. The number of hydrogen-bond donors (Lipinski definition) is 0. The van der Waals surface area contributed by atoms with Crippen LogP contribution in [0.3, 0.4) is 0 Å². The maximum absolute atomic E-state index is 6.41. The minimum Gasteiger partial charge on any atom is -0.456 e. The Morgan fingerprint density at radius 3 is 1.53 bits per heavy atom. The minimum absolute atomic E-state index is 0.897. The van der Waals surface area contributed by atoms with Gasteiger partial charge >= 0.3 is 0 Å². The van der Waals surface area contributed by atoms with Crippen LogP contribution in [-0.4, -0.2) is 9.13 Å². The van der Waals surface area contributed by atoms with Crippen molar-refractivity contribution in [2.45, 2.75) is 6.92 Å². The second-order valence-corrected chi connectivity index (χ2v) is 15.3. The van der Waals surface area contributed by atoms with Crippen LogP contribution < -0.4 is 0 Å². The summed E-state index contributed by atoms with van der Waals surface area (Å²) in [7, 11) is 0. The van der Waals surface area contributed by atoms with Gasteiger partial charge < -0.3 is 13.6 Å². The molecule has 53 heavy (non-hydrogen) atoms. The molecule has 0 aliphatic heterocycles. The molecule has 4 aromatic heterocycles. The van der Waals surface area contributed by atoms with E-state index in [9.17, 15) is 0 Å². The van der Waals surface area contributed by atoms with Gasteiger partial charge in [-0.05, 0) is 109 Å². The van der Waals surface area contributed by atoms with Gasteiger partial charge in [-0.15, -0.1) is 11.3 Å². The minimum atomic E-state index is 0.897. The molecule has 0 radical (unpaired) electrons. The van der Waals surface area contributed by atoms with Crippen LogP contribution in [0.5, 0.6) is 0 Å². The highest BCUT2D eigenvalue weighted by Gasteiger charge is 2.17. The molecule has 0 unspecified atom stereocenters. The number of thiophene rings is 1. The number of para-hydroxylation sites is 3. The fourth-order valence-electron chi connectivity index (χ4n) is 8.73. The lowest BCUT2D eigenvalue weighted by molar-refractivity contribution is 0.669. The van der Waals surface area contributed by atoms with Crippen LogP contribution in [0.1, 0.15) is 5.56 Å². The smallest absolute Gasteiger partial charge is 0.135 e. The molecule has 0 saturated carbocycles. The molecule has 4 heterocycles. The highest BCUT2D eigenvalue weighted by Crippen LogP contribution is 2.41. The van der Waals surface area contributed by atoms with Crippen LogP contribution in [0.15, 0.2) is 168 Å². The van der Waals surface area contributed by atoms with Crippen molar-refractivity contribution in [1.82, 2.24) is 9.13 Å². The third kappa shape index (κ3) is 4.15. The summed E-state index contributed by atoms with van der Waals surface area (Å²) >= 11 is 1.86. The van der Waals surface area contributed by atoms with Crippen molar-refractivity contribution < 1.29 is 4.42 Å². The number of aromatic nitrogens is 2. The first-order chi connectivity index (χ1) is 26.2. The third-order valence-electron chi connectivity index (χ3n) is 11.2. The molecule has 0 bridgehead atoms. The molecule has 0 fully saturated rings. The van der Waals surface area contributed by atoms with Crippen molar-refractivity contribution >= 4 is 97.1 Å². The van der Waals surface area contributed by atoms with E-state index in [4.69, 9.17) is 4.42 Å². The molecule has 0 aliphatic carbocycles. The van der Waals surface area contributed by atoms with Crippen LogP contribution in [0, 0.1) is 6.92 Å². The predicted molar refractivity (Wildman–Crippen MR) is 225 cm³/mol. The molecule has 0 N–H and O–H groups in total. The molecular formula is C49H30N2OS. The number of benzene rings is 8. The van der Waals surface area contributed by atoms with Crippen LogP contribution >= 0.6 is 11.3 Å². The van der Waals surface area contributed by atoms with E-state index >= 15 is 0 Å². The number of hydrogen-bond acceptors (Lipinski definition) is 2. The normalized spacial score (nSPS) is 12.2. The van der Waals surface area contributed by atoms with Gasteiger partial charge in [0.25, 0.3) is 0 Å². The second-order valence-electron chi connectivity index (χ2n) is 14.2. The molecule has 8 aromatic carbocycles. The Morgan fingerprint density at radius 2 is 0.849 bits per heavy atom. The Kier molecular flexibility index (Phi) is 5.86. The Morgan fingerprint density at radius 1 is 0.377 bits per heavy atom. The zero-order valence-corrected chi connectivity index (χ0v) is 29.6. The van der Waals surface area contributed by atoms with E-state index < -0.39 is 0 Å². The summed E-state index contributed by atoms with van der Waals surface area (Å²) in [6.07, 6.45) is 0. The summed E-state index contributed by atoms with van der Waals surface area (Å²) in [5.41, 5.74) is 12.6. The van der Waals surface area contributed by atoms with Crippen molar-refractivity contribution in [1.29, 1.82) is 0 Å². The Bertz CT molecular complexity index is 3430. The molecule has 0 amide bonds. The zero-order valence-electron chi connectivity index (χ0n) is 28.8. The standard InChI is InChI=1S/C49H30N2OS/c1-29-14-19-45-37(24-29)36-10-4-7-13-44(36)51(45)33-18-23-49-41(28-33)40-26-31(16-22-48(40)53-49)30-15-20-46-38(25-30)39-27-32(17-21-47(39)52-46)50-42-11-5-2-8-34(42)35-9-3-6-12-43(35)50/h2-28H,1H3. The van der Waals surface area contributed by atoms with Crippen LogP contribution in [0.2, 0.25) is 0 Å². The fourth-order valence-corrected chi connectivity index (χ4v) is 9.80. The molecule has 3 nitrogen and oxygen atoms in total. The van der Waals surface area contributed by atoms with Gasteiger partial charge in [-0.25, -0.2) is 0 Å². The topological polar surface area (TPSA) is 23.0 Å². The number of fused-ring (bicyclic) bond motifs is 12. The predicted octanol–water partition coefficient (Wildman–Crippen LogP) is 14.1. The Labute approximate surface area is 308 Å². The van der Waals surface area contributed by atoms with Crippen molar-refractivity contribution in [2.75, 3.05) is 0 Å². The SMILES string of the molecule is Cc1ccc2c(c1)c1ccccc1n2-c1ccc2sc3ccc(-c4ccc5oc6ccc(-n7c8ccccc8c8ccccc87)cc6c5c4)cc3c2c1. The quantitative estimate of drug-likeness (QED) is 0.181. The van der Waals surface area contributed by atoms with Gasteiger partial charge in [0.05, 0.1) is 22.1 Å². The summed E-state index contributed by atoms with van der Waals surface area (Å²) in [4.78, 5) is 0. The van der Waals surface area contributed by atoms with Gasteiger partial charge in [-0.2, -0.15) is 0 Å².